The Kier molecular flexibility index (Phi) is 6.30. The van der Waals surface area contributed by atoms with E-state index in [1.54, 1.807) is 12.1 Å². The van der Waals surface area contributed by atoms with Crippen molar-refractivity contribution in [2.45, 2.75) is 26.3 Å². The molecular formula is C18H24FN5O2. The first-order valence-electron chi connectivity index (χ1n) is 8.94. The molecule has 1 aliphatic heterocycles. The number of nitrogens with one attached hydrogen (secondary N) is 1. The molecule has 0 aliphatic carbocycles. The highest BCUT2D eigenvalue weighted by Gasteiger charge is 2.20. The van der Waals surface area contributed by atoms with Gasteiger partial charge in [0.25, 0.3) is 0 Å². The second-order valence-corrected chi connectivity index (χ2v) is 6.47. The molecule has 1 amide bonds. The lowest BCUT2D eigenvalue weighted by Gasteiger charge is -2.33. The molecule has 0 bridgehead atoms. The molecule has 1 aliphatic rings. The van der Waals surface area contributed by atoms with Gasteiger partial charge in [-0.25, -0.2) is 4.39 Å². The smallest absolute Gasteiger partial charge is 0.240 e. The number of nitrogens with zero attached hydrogens (tertiary/aromatic N) is 4. The summed E-state index contributed by atoms with van der Waals surface area (Å²) in [4.78, 5) is 20.8. The van der Waals surface area contributed by atoms with Gasteiger partial charge in [-0.05, 0) is 24.6 Å². The summed E-state index contributed by atoms with van der Waals surface area (Å²) in [5.74, 6) is 0.908. The van der Waals surface area contributed by atoms with Crippen LogP contribution in [0.15, 0.2) is 28.8 Å². The summed E-state index contributed by atoms with van der Waals surface area (Å²) in [5, 5.41) is 6.70. The van der Waals surface area contributed by atoms with Gasteiger partial charge in [0.1, 0.15) is 5.82 Å². The van der Waals surface area contributed by atoms with Crippen molar-refractivity contribution in [2.75, 3.05) is 38.0 Å². The Morgan fingerprint density at radius 2 is 2.04 bits per heavy atom. The monoisotopic (exact) mass is 361 g/mol. The van der Waals surface area contributed by atoms with E-state index in [1.807, 2.05) is 0 Å². The van der Waals surface area contributed by atoms with Crippen molar-refractivity contribution in [3.63, 3.8) is 0 Å². The van der Waals surface area contributed by atoms with Gasteiger partial charge in [0.15, 0.2) is 5.82 Å². The number of hydrogen-bond acceptors (Lipinski definition) is 6. The second kappa shape index (κ2) is 8.86. The fourth-order valence-corrected chi connectivity index (χ4v) is 2.95. The van der Waals surface area contributed by atoms with Crippen LogP contribution in [-0.4, -0.2) is 58.6 Å². The van der Waals surface area contributed by atoms with E-state index < -0.39 is 0 Å². The number of amides is 1. The predicted octanol–water partition coefficient (Wildman–Crippen LogP) is 1.92. The lowest BCUT2D eigenvalue weighted by molar-refractivity contribution is -0.117. The molecule has 0 spiro atoms. The molecule has 1 N–H and O–H groups in total. The van der Waals surface area contributed by atoms with E-state index in [0.29, 0.717) is 24.7 Å². The molecule has 26 heavy (non-hydrogen) atoms. The Morgan fingerprint density at radius 3 is 2.77 bits per heavy atom. The lowest BCUT2D eigenvalue weighted by Crippen LogP contribution is -2.48. The van der Waals surface area contributed by atoms with Gasteiger partial charge < -0.3 is 9.84 Å². The van der Waals surface area contributed by atoms with Crippen molar-refractivity contribution in [2.24, 2.45) is 0 Å². The van der Waals surface area contributed by atoms with Crippen molar-refractivity contribution in [1.82, 2.24) is 19.9 Å². The van der Waals surface area contributed by atoms with Crippen LogP contribution in [-0.2, 0) is 17.8 Å². The van der Waals surface area contributed by atoms with Crippen LogP contribution in [0.2, 0.25) is 0 Å². The topological polar surface area (TPSA) is 74.5 Å². The zero-order valence-corrected chi connectivity index (χ0v) is 14.9. The number of piperazine rings is 1. The summed E-state index contributed by atoms with van der Waals surface area (Å²) in [6.45, 7) is 6.25. The first-order chi connectivity index (χ1) is 12.6. The van der Waals surface area contributed by atoms with Crippen molar-refractivity contribution in [3.05, 3.63) is 41.8 Å². The number of carbonyl (C=O) groups excluding carboxylic acids is 1. The van der Waals surface area contributed by atoms with Gasteiger partial charge >= 0.3 is 0 Å². The minimum absolute atomic E-state index is 0.134. The maximum absolute atomic E-state index is 13.2. The number of aryl methyl sites for hydroxylation is 1. The Morgan fingerprint density at radius 1 is 1.27 bits per heavy atom. The zero-order chi connectivity index (χ0) is 18.4. The molecule has 1 fully saturated rings. The first-order valence-corrected chi connectivity index (χ1v) is 8.94. The summed E-state index contributed by atoms with van der Waals surface area (Å²) in [7, 11) is 0. The highest BCUT2D eigenvalue weighted by atomic mass is 19.1. The van der Waals surface area contributed by atoms with Crippen LogP contribution < -0.4 is 5.32 Å². The molecule has 2 aromatic rings. The predicted molar refractivity (Wildman–Crippen MR) is 95.0 cm³/mol. The molecule has 2 heterocycles. The largest absolute Gasteiger partial charge is 0.338 e. The summed E-state index contributed by atoms with van der Waals surface area (Å²) < 4.78 is 18.4. The fourth-order valence-electron chi connectivity index (χ4n) is 2.95. The first kappa shape index (κ1) is 18.5. The van der Waals surface area contributed by atoms with E-state index in [9.17, 15) is 9.18 Å². The van der Waals surface area contributed by atoms with Gasteiger partial charge in [-0.1, -0.05) is 18.1 Å². The number of aromatic nitrogens is 2. The third-order valence-electron chi connectivity index (χ3n) is 4.28. The number of rotatable bonds is 7. The molecule has 8 heteroatoms. The van der Waals surface area contributed by atoms with Gasteiger partial charge in [0.05, 0.1) is 13.1 Å². The van der Waals surface area contributed by atoms with Gasteiger partial charge in [-0.2, -0.15) is 4.98 Å². The van der Waals surface area contributed by atoms with Crippen molar-refractivity contribution < 1.29 is 13.7 Å². The standard InChI is InChI=1S/C18H24FN5O2/c1-2-4-16-21-18(26-22-16)13-24-9-7-23(8-10-24)12-17(25)20-15-6-3-5-14(19)11-15/h3,5-6,11H,2,4,7-10,12-13H2,1H3,(H,20,25). The number of hydrogen-bond donors (Lipinski definition) is 1. The van der Waals surface area contributed by atoms with Crippen LogP contribution in [0.5, 0.6) is 0 Å². The molecule has 1 saturated heterocycles. The van der Waals surface area contributed by atoms with Crippen LogP contribution in [0, 0.1) is 5.82 Å². The lowest BCUT2D eigenvalue weighted by atomic mass is 10.3. The molecule has 1 aromatic carbocycles. The third kappa shape index (κ3) is 5.34. The van der Waals surface area contributed by atoms with Gasteiger partial charge in [-0.15, -0.1) is 0 Å². The summed E-state index contributed by atoms with van der Waals surface area (Å²) in [5.41, 5.74) is 0.480. The van der Waals surface area contributed by atoms with E-state index in [2.05, 4.69) is 32.2 Å². The third-order valence-corrected chi connectivity index (χ3v) is 4.28. The zero-order valence-electron chi connectivity index (χ0n) is 14.9. The van der Waals surface area contributed by atoms with Crippen molar-refractivity contribution in [3.8, 4) is 0 Å². The van der Waals surface area contributed by atoms with E-state index >= 15 is 0 Å². The average molecular weight is 361 g/mol. The molecule has 1 aromatic heterocycles. The molecule has 3 rings (SSSR count). The molecule has 7 nitrogen and oxygen atoms in total. The van der Waals surface area contributed by atoms with Crippen LogP contribution in [0.3, 0.4) is 0 Å². The number of carbonyl (C=O) groups is 1. The maximum Gasteiger partial charge on any atom is 0.240 e. The number of anilines is 1. The normalized spacial score (nSPS) is 15.9. The maximum atomic E-state index is 13.2. The van der Waals surface area contributed by atoms with Gasteiger partial charge in [0.2, 0.25) is 11.8 Å². The summed E-state index contributed by atoms with van der Waals surface area (Å²) >= 11 is 0. The van der Waals surface area contributed by atoms with E-state index in [1.165, 1.54) is 12.1 Å². The van der Waals surface area contributed by atoms with Crippen molar-refractivity contribution >= 4 is 11.6 Å². The van der Waals surface area contributed by atoms with Gasteiger partial charge in [-0.3, -0.25) is 14.6 Å². The Hall–Kier alpha value is -2.32. The molecule has 0 atom stereocenters. The fraction of sp³-hybridized carbons (Fsp3) is 0.500. The minimum Gasteiger partial charge on any atom is -0.338 e. The van der Waals surface area contributed by atoms with E-state index in [-0.39, 0.29) is 11.7 Å². The van der Waals surface area contributed by atoms with E-state index in [0.717, 1.165) is 44.8 Å². The van der Waals surface area contributed by atoms with Crippen molar-refractivity contribution in [1.29, 1.82) is 0 Å². The minimum atomic E-state index is -0.362. The van der Waals surface area contributed by atoms with Crippen LogP contribution >= 0.6 is 0 Å². The van der Waals surface area contributed by atoms with Crippen LogP contribution in [0.25, 0.3) is 0 Å². The Balaban J connectivity index is 1.41. The Bertz CT molecular complexity index is 728. The SMILES string of the molecule is CCCc1noc(CN2CCN(CC(=O)Nc3cccc(F)c3)CC2)n1. The Labute approximate surface area is 152 Å². The summed E-state index contributed by atoms with van der Waals surface area (Å²) in [6.07, 6.45) is 1.83. The number of halogens is 1. The highest BCUT2D eigenvalue weighted by Crippen LogP contribution is 2.11. The van der Waals surface area contributed by atoms with Crippen LogP contribution in [0.1, 0.15) is 25.1 Å². The molecule has 0 radical (unpaired) electrons. The molecule has 140 valence electrons. The highest BCUT2D eigenvalue weighted by molar-refractivity contribution is 5.92. The average Bonchev–Trinajstić information content (AvgIpc) is 3.04. The van der Waals surface area contributed by atoms with Crippen LogP contribution in [0.4, 0.5) is 10.1 Å². The number of benzene rings is 1. The molecule has 0 unspecified atom stereocenters. The second-order valence-electron chi connectivity index (χ2n) is 6.47. The summed E-state index contributed by atoms with van der Waals surface area (Å²) in [6, 6.07) is 5.92. The molecule has 0 saturated carbocycles. The quantitative estimate of drug-likeness (QED) is 0.812. The van der Waals surface area contributed by atoms with E-state index in [4.69, 9.17) is 4.52 Å². The van der Waals surface area contributed by atoms with Gasteiger partial charge in [0, 0.05) is 38.3 Å². The molecular weight excluding hydrogens is 337 g/mol.